The zero-order chi connectivity index (χ0) is 12.7. The Bertz CT molecular complexity index is 446. The van der Waals surface area contributed by atoms with Crippen LogP contribution in [0.25, 0.3) is 0 Å². The van der Waals surface area contributed by atoms with Crippen molar-refractivity contribution in [3.63, 3.8) is 0 Å². The molecule has 2 bridgehead atoms. The molecule has 0 spiro atoms. The van der Waals surface area contributed by atoms with Crippen molar-refractivity contribution in [1.82, 2.24) is 0 Å². The minimum atomic E-state index is -0.504. The van der Waals surface area contributed by atoms with E-state index in [0.717, 1.165) is 30.2 Å². The molecule has 0 amide bonds. The molecule has 1 aromatic rings. The number of fused-ring (bicyclic) bond motifs is 2. The highest BCUT2D eigenvalue weighted by atomic mass is 79.9. The second kappa shape index (κ2) is 4.92. The molecule has 0 saturated heterocycles. The molecule has 2 fully saturated rings. The summed E-state index contributed by atoms with van der Waals surface area (Å²) >= 11 is 3.58. The topological polar surface area (TPSA) is 0 Å². The number of rotatable bonds is 3. The number of halogens is 3. The van der Waals surface area contributed by atoms with E-state index in [4.69, 9.17) is 0 Å². The molecule has 4 atom stereocenters. The maximum absolute atomic E-state index is 13.7. The van der Waals surface area contributed by atoms with Crippen molar-refractivity contribution in [2.45, 2.75) is 36.9 Å². The van der Waals surface area contributed by atoms with Gasteiger partial charge < -0.3 is 0 Å². The summed E-state index contributed by atoms with van der Waals surface area (Å²) in [6, 6.07) is 3.88. The van der Waals surface area contributed by atoms with Crippen molar-refractivity contribution >= 4 is 15.9 Å². The van der Waals surface area contributed by atoms with Gasteiger partial charge in [-0.25, -0.2) is 8.78 Å². The number of hydrogen-bond donors (Lipinski definition) is 0. The van der Waals surface area contributed by atoms with Gasteiger partial charge in [0.25, 0.3) is 0 Å². The van der Waals surface area contributed by atoms with Gasteiger partial charge >= 0.3 is 0 Å². The first-order valence-electron chi connectivity index (χ1n) is 6.72. The first-order valence-corrected chi connectivity index (χ1v) is 7.64. The Morgan fingerprint density at radius 2 is 2.06 bits per heavy atom. The van der Waals surface area contributed by atoms with Crippen LogP contribution in [0, 0.1) is 29.4 Å². The van der Waals surface area contributed by atoms with Crippen molar-refractivity contribution in [3.8, 4) is 0 Å². The third kappa shape index (κ3) is 2.34. The largest absolute Gasteiger partial charge is 0.207 e. The monoisotopic (exact) mass is 314 g/mol. The molecule has 0 radical (unpaired) electrons. The van der Waals surface area contributed by atoms with Crippen LogP contribution in [0.4, 0.5) is 8.78 Å². The lowest BCUT2D eigenvalue weighted by Crippen LogP contribution is -2.12. The van der Waals surface area contributed by atoms with Gasteiger partial charge in [-0.15, -0.1) is 0 Å². The standard InChI is InChI=1S/C15H17BrF2/c16-14(13-4-3-12(17)8-15(13)18)7-11-6-9-1-2-10(11)5-9/h3-4,8-11,14H,1-2,5-7H2. The molecule has 98 valence electrons. The third-order valence-electron chi connectivity index (χ3n) is 4.69. The van der Waals surface area contributed by atoms with Crippen LogP contribution in [-0.2, 0) is 0 Å². The lowest BCUT2D eigenvalue weighted by Gasteiger charge is -2.24. The number of hydrogen-bond acceptors (Lipinski definition) is 0. The molecule has 3 heteroatoms. The smallest absolute Gasteiger partial charge is 0.130 e. The van der Waals surface area contributed by atoms with Gasteiger partial charge in [-0.05, 0) is 49.5 Å². The quantitative estimate of drug-likeness (QED) is 0.670. The molecule has 1 aromatic carbocycles. The second-order valence-corrected chi connectivity index (χ2v) is 6.91. The molecular formula is C15H17BrF2. The number of benzene rings is 1. The maximum atomic E-state index is 13.7. The Morgan fingerprint density at radius 1 is 1.22 bits per heavy atom. The summed E-state index contributed by atoms with van der Waals surface area (Å²) in [6.45, 7) is 0. The van der Waals surface area contributed by atoms with Crippen molar-refractivity contribution in [2.24, 2.45) is 17.8 Å². The molecule has 3 rings (SSSR count). The van der Waals surface area contributed by atoms with Crippen molar-refractivity contribution in [2.75, 3.05) is 0 Å². The zero-order valence-corrected chi connectivity index (χ0v) is 11.8. The van der Waals surface area contributed by atoms with Gasteiger partial charge in [0.2, 0.25) is 0 Å². The van der Waals surface area contributed by atoms with E-state index in [1.807, 2.05) is 0 Å². The van der Waals surface area contributed by atoms with Crippen LogP contribution in [0.15, 0.2) is 18.2 Å². The highest BCUT2D eigenvalue weighted by Crippen LogP contribution is 2.52. The van der Waals surface area contributed by atoms with E-state index in [1.54, 1.807) is 6.07 Å². The fraction of sp³-hybridized carbons (Fsp3) is 0.600. The molecule has 2 aliphatic rings. The van der Waals surface area contributed by atoms with Gasteiger partial charge in [-0.2, -0.15) is 0 Å². The third-order valence-corrected chi connectivity index (χ3v) is 5.56. The van der Waals surface area contributed by atoms with Crippen molar-refractivity contribution < 1.29 is 8.78 Å². The lowest BCUT2D eigenvalue weighted by molar-refractivity contribution is 0.313. The van der Waals surface area contributed by atoms with Crippen LogP contribution in [0.5, 0.6) is 0 Å². The van der Waals surface area contributed by atoms with Gasteiger partial charge in [0.1, 0.15) is 11.6 Å². The summed E-state index contributed by atoms with van der Waals surface area (Å²) in [4.78, 5) is 0.0162. The molecule has 18 heavy (non-hydrogen) atoms. The Morgan fingerprint density at radius 3 is 2.67 bits per heavy atom. The average Bonchev–Trinajstić information content (AvgIpc) is 2.90. The van der Waals surface area contributed by atoms with Gasteiger partial charge in [0.15, 0.2) is 0 Å². The lowest BCUT2D eigenvalue weighted by atomic mass is 9.84. The molecule has 0 heterocycles. The van der Waals surface area contributed by atoms with Crippen molar-refractivity contribution in [1.29, 1.82) is 0 Å². The Labute approximate surface area is 115 Å². The minimum absolute atomic E-state index is 0.0162. The van der Waals surface area contributed by atoms with E-state index in [2.05, 4.69) is 15.9 Å². The molecule has 0 nitrogen and oxygen atoms in total. The molecule has 0 N–H and O–H groups in total. The van der Waals surface area contributed by atoms with Crippen LogP contribution < -0.4 is 0 Å². The average molecular weight is 315 g/mol. The second-order valence-electron chi connectivity index (χ2n) is 5.80. The van der Waals surface area contributed by atoms with Crippen LogP contribution in [0.3, 0.4) is 0 Å². The maximum Gasteiger partial charge on any atom is 0.130 e. The van der Waals surface area contributed by atoms with Gasteiger partial charge in [0, 0.05) is 16.5 Å². The molecular weight excluding hydrogens is 298 g/mol. The normalized spacial score (nSPS) is 31.8. The van der Waals surface area contributed by atoms with Crippen LogP contribution in [0.1, 0.15) is 42.5 Å². The van der Waals surface area contributed by atoms with Crippen molar-refractivity contribution in [3.05, 3.63) is 35.4 Å². The van der Waals surface area contributed by atoms with Crippen LogP contribution >= 0.6 is 15.9 Å². The molecule has 2 aliphatic carbocycles. The molecule has 2 saturated carbocycles. The Balaban J connectivity index is 1.69. The summed E-state index contributed by atoms with van der Waals surface area (Å²) in [5, 5.41) is 0. The van der Waals surface area contributed by atoms with Gasteiger partial charge in [-0.1, -0.05) is 28.4 Å². The van der Waals surface area contributed by atoms with E-state index in [9.17, 15) is 8.78 Å². The van der Waals surface area contributed by atoms with E-state index >= 15 is 0 Å². The molecule has 4 unspecified atom stereocenters. The number of alkyl halides is 1. The first-order chi connectivity index (χ1) is 8.63. The van der Waals surface area contributed by atoms with E-state index in [1.165, 1.54) is 31.7 Å². The highest BCUT2D eigenvalue weighted by molar-refractivity contribution is 9.09. The highest BCUT2D eigenvalue weighted by Gasteiger charge is 2.40. The SMILES string of the molecule is Fc1ccc(C(Br)CC2CC3CCC2C3)c(F)c1. The summed E-state index contributed by atoms with van der Waals surface area (Å²) in [6.07, 6.45) is 6.38. The first kappa shape index (κ1) is 12.6. The van der Waals surface area contributed by atoms with Gasteiger partial charge in [-0.3, -0.25) is 0 Å². The summed E-state index contributed by atoms with van der Waals surface area (Å²) in [5.74, 6) is 1.55. The Hall–Kier alpha value is -0.440. The van der Waals surface area contributed by atoms with E-state index < -0.39 is 11.6 Å². The van der Waals surface area contributed by atoms with E-state index in [0.29, 0.717) is 5.56 Å². The van der Waals surface area contributed by atoms with Crippen LogP contribution in [0.2, 0.25) is 0 Å². The molecule has 0 aliphatic heterocycles. The molecule has 0 aromatic heterocycles. The van der Waals surface area contributed by atoms with Crippen LogP contribution in [-0.4, -0.2) is 0 Å². The Kier molecular flexibility index (Phi) is 3.44. The minimum Gasteiger partial charge on any atom is -0.207 e. The zero-order valence-electron chi connectivity index (χ0n) is 10.2. The summed E-state index contributed by atoms with van der Waals surface area (Å²) < 4.78 is 26.6. The van der Waals surface area contributed by atoms with Gasteiger partial charge in [0.05, 0.1) is 0 Å². The predicted octanol–water partition coefficient (Wildman–Crippen LogP) is 5.23. The van der Waals surface area contributed by atoms with E-state index in [-0.39, 0.29) is 4.83 Å². The fourth-order valence-corrected chi connectivity index (χ4v) is 4.66. The summed E-state index contributed by atoms with van der Waals surface area (Å²) in [5.41, 5.74) is 0.596. The fourth-order valence-electron chi connectivity index (χ4n) is 3.81. The summed E-state index contributed by atoms with van der Waals surface area (Å²) in [7, 11) is 0. The predicted molar refractivity (Wildman–Crippen MR) is 71.6 cm³/mol.